The van der Waals surface area contributed by atoms with E-state index in [0.29, 0.717) is 11.1 Å². The zero-order valence-corrected chi connectivity index (χ0v) is 13.1. The highest BCUT2D eigenvalue weighted by atomic mass is 79.9. The highest BCUT2D eigenvalue weighted by molar-refractivity contribution is 9.10. The summed E-state index contributed by atoms with van der Waals surface area (Å²) in [6.45, 7) is 0. The molecule has 0 atom stereocenters. The minimum Gasteiger partial charge on any atom is -0.419 e. The van der Waals surface area contributed by atoms with E-state index in [-0.39, 0.29) is 22.9 Å². The number of hydrogen-bond donors (Lipinski definition) is 2. The molecule has 114 valence electrons. The fraction of sp³-hybridized carbons (Fsp3) is 0.0667. The van der Waals surface area contributed by atoms with Crippen molar-refractivity contribution in [1.82, 2.24) is 19.9 Å². The van der Waals surface area contributed by atoms with Gasteiger partial charge in [-0.3, -0.25) is 9.59 Å². The second kappa shape index (κ2) is 5.17. The molecule has 0 saturated heterocycles. The summed E-state index contributed by atoms with van der Waals surface area (Å²) in [5.74, 6) is -0.281. The Kier molecular flexibility index (Phi) is 3.12. The van der Waals surface area contributed by atoms with Crippen LogP contribution in [0.5, 0.6) is 11.8 Å². The Labute approximate surface area is 137 Å². The van der Waals surface area contributed by atoms with E-state index in [0.717, 1.165) is 10.0 Å². The number of H-pyrrole nitrogens is 2. The van der Waals surface area contributed by atoms with Crippen LogP contribution in [0.4, 0.5) is 0 Å². The van der Waals surface area contributed by atoms with Gasteiger partial charge in [0.15, 0.2) is 0 Å². The molecular weight excluding hydrogens is 364 g/mol. The van der Waals surface area contributed by atoms with Crippen molar-refractivity contribution in [3.05, 3.63) is 78.8 Å². The number of halogens is 1. The third-order valence-electron chi connectivity index (χ3n) is 3.68. The number of benzene rings is 1. The molecular formula is C15H9BrN4O3. The van der Waals surface area contributed by atoms with Gasteiger partial charge in [-0.05, 0) is 17.7 Å². The van der Waals surface area contributed by atoms with Crippen molar-refractivity contribution >= 4 is 15.9 Å². The summed E-state index contributed by atoms with van der Waals surface area (Å²) < 4.78 is 6.44. The molecule has 0 amide bonds. The van der Waals surface area contributed by atoms with Crippen molar-refractivity contribution in [1.29, 1.82) is 0 Å². The first-order valence-electron chi connectivity index (χ1n) is 6.73. The van der Waals surface area contributed by atoms with Crippen molar-refractivity contribution in [3.8, 4) is 11.8 Å². The number of aromatic nitrogens is 4. The molecule has 0 bridgehead atoms. The Morgan fingerprint density at radius 2 is 1.43 bits per heavy atom. The molecule has 8 heteroatoms. The molecule has 0 saturated carbocycles. The summed E-state index contributed by atoms with van der Waals surface area (Å²) in [5, 5.41) is 0. The summed E-state index contributed by atoms with van der Waals surface area (Å²) in [6, 6.07) is 7.37. The summed E-state index contributed by atoms with van der Waals surface area (Å²) in [4.78, 5) is 37.8. The second-order valence-electron chi connectivity index (χ2n) is 4.99. The molecule has 1 aliphatic rings. The van der Waals surface area contributed by atoms with Crippen molar-refractivity contribution in [2.24, 2.45) is 0 Å². The lowest BCUT2D eigenvalue weighted by Crippen LogP contribution is -2.29. The lowest BCUT2D eigenvalue weighted by atomic mass is 9.86. The number of hydrogen-bond acceptors (Lipinski definition) is 5. The fourth-order valence-corrected chi connectivity index (χ4v) is 2.95. The van der Waals surface area contributed by atoms with Crippen LogP contribution in [0, 0.1) is 0 Å². The van der Waals surface area contributed by atoms with E-state index >= 15 is 0 Å². The maximum Gasteiger partial charge on any atom is 0.258 e. The van der Waals surface area contributed by atoms with Gasteiger partial charge in [-0.15, -0.1) is 0 Å². The fourth-order valence-electron chi connectivity index (χ4n) is 2.68. The first-order valence-corrected chi connectivity index (χ1v) is 7.53. The van der Waals surface area contributed by atoms with E-state index in [2.05, 4.69) is 35.9 Å². The molecule has 0 unspecified atom stereocenters. The van der Waals surface area contributed by atoms with Gasteiger partial charge in [0.2, 0.25) is 11.8 Å². The van der Waals surface area contributed by atoms with Gasteiger partial charge >= 0.3 is 0 Å². The Hall–Kier alpha value is -2.74. The minimum atomic E-state index is -0.600. The molecule has 2 aromatic heterocycles. The number of nitrogens with one attached hydrogen (secondary N) is 2. The van der Waals surface area contributed by atoms with E-state index in [1.54, 1.807) is 0 Å². The predicted molar refractivity (Wildman–Crippen MR) is 84.9 cm³/mol. The number of rotatable bonds is 1. The molecule has 23 heavy (non-hydrogen) atoms. The lowest BCUT2D eigenvalue weighted by Gasteiger charge is -2.24. The molecule has 1 aliphatic heterocycles. The van der Waals surface area contributed by atoms with Gasteiger partial charge < -0.3 is 14.7 Å². The van der Waals surface area contributed by atoms with E-state index in [4.69, 9.17) is 4.74 Å². The first-order chi connectivity index (χ1) is 11.1. The van der Waals surface area contributed by atoms with Crippen molar-refractivity contribution in [2.45, 2.75) is 5.92 Å². The number of nitrogens with zero attached hydrogens (tertiary/aromatic N) is 2. The van der Waals surface area contributed by atoms with Gasteiger partial charge in [0, 0.05) is 4.47 Å². The zero-order valence-electron chi connectivity index (χ0n) is 11.5. The smallest absolute Gasteiger partial charge is 0.258 e. The van der Waals surface area contributed by atoms with Crippen LogP contribution in [0.2, 0.25) is 0 Å². The second-order valence-corrected chi connectivity index (χ2v) is 5.90. The van der Waals surface area contributed by atoms with E-state index in [9.17, 15) is 9.59 Å². The normalized spacial score (nSPS) is 13.1. The standard InChI is InChI=1S/C15H9BrN4O3/c16-8-3-1-7(2-4-8)9-10-12(21)17-5-19-14(10)23-15-11(9)13(22)18-6-20-15/h1-6,9H,(H,17,19,21)(H,18,20,22). The lowest BCUT2D eigenvalue weighted by molar-refractivity contribution is 0.409. The number of ether oxygens (including phenoxy) is 1. The summed E-state index contributed by atoms with van der Waals surface area (Å²) >= 11 is 3.38. The Morgan fingerprint density at radius 3 is 1.96 bits per heavy atom. The molecule has 0 aliphatic carbocycles. The number of aromatic amines is 2. The highest BCUT2D eigenvalue weighted by Crippen LogP contribution is 2.41. The Morgan fingerprint density at radius 1 is 0.913 bits per heavy atom. The molecule has 0 fully saturated rings. The van der Waals surface area contributed by atoms with Gasteiger partial charge in [-0.25, -0.2) is 9.97 Å². The highest BCUT2D eigenvalue weighted by Gasteiger charge is 2.35. The molecule has 0 spiro atoms. The molecule has 7 nitrogen and oxygen atoms in total. The van der Waals surface area contributed by atoms with Crippen LogP contribution < -0.4 is 15.9 Å². The Bertz CT molecular complexity index is 951. The quantitative estimate of drug-likeness (QED) is 0.531. The molecule has 3 aromatic rings. The maximum absolute atomic E-state index is 12.3. The maximum atomic E-state index is 12.3. The monoisotopic (exact) mass is 372 g/mol. The van der Waals surface area contributed by atoms with Gasteiger partial charge in [-0.2, -0.15) is 0 Å². The van der Waals surface area contributed by atoms with Crippen LogP contribution in [0.15, 0.2) is 51.0 Å². The number of fused-ring (bicyclic) bond motifs is 2. The van der Waals surface area contributed by atoms with E-state index < -0.39 is 5.92 Å². The summed E-state index contributed by atoms with van der Waals surface area (Å²) in [5.41, 5.74) is 0.659. The SMILES string of the molecule is O=c1[nH]cnc2c1C(c1ccc(Br)cc1)c1c(nc[nH]c1=O)O2. The average Bonchev–Trinajstić information content (AvgIpc) is 2.54. The van der Waals surface area contributed by atoms with Crippen LogP contribution in [0.1, 0.15) is 22.6 Å². The largest absolute Gasteiger partial charge is 0.419 e. The van der Waals surface area contributed by atoms with Gasteiger partial charge in [0.25, 0.3) is 11.1 Å². The van der Waals surface area contributed by atoms with E-state index in [1.165, 1.54) is 12.7 Å². The third kappa shape index (κ3) is 2.18. The first kappa shape index (κ1) is 13.9. The average molecular weight is 373 g/mol. The molecule has 1 aromatic carbocycles. The van der Waals surface area contributed by atoms with Gasteiger partial charge in [-0.1, -0.05) is 28.1 Å². The van der Waals surface area contributed by atoms with Crippen LogP contribution >= 0.6 is 15.9 Å². The summed E-state index contributed by atoms with van der Waals surface area (Å²) in [7, 11) is 0. The summed E-state index contributed by atoms with van der Waals surface area (Å²) in [6.07, 6.45) is 2.52. The van der Waals surface area contributed by atoms with E-state index in [1.807, 2.05) is 24.3 Å². The topological polar surface area (TPSA) is 101 Å². The van der Waals surface area contributed by atoms with Crippen molar-refractivity contribution < 1.29 is 4.74 Å². The third-order valence-corrected chi connectivity index (χ3v) is 4.21. The molecule has 0 radical (unpaired) electrons. The van der Waals surface area contributed by atoms with Crippen LogP contribution in [-0.4, -0.2) is 19.9 Å². The van der Waals surface area contributed by atoms with Gasteiger partial charge in [0.1, 0.15) is 0 Å². The van der Waals surface area contributed by atoms with Crippen molar-refractivity contribution in [3.63, 3.8) is 0 Å². The molecule has 3 heterocycles. The van der Waals surface area contributed by atoms with Crippen LogP contribution in [0.25, 0.3) is 0 Å². The van der Waals surface area contributed by atoms with Gasteiger partial charge in [0.05, 0.1) is 29.7 Å². The Balaban J connectivity index is 2.06. The predicted octanol–water partition coefficient (Wildman–Crippen LogP) is 1.90. The minimum absolute atomic E-state index is 0.160. The van der Waals surface area contributed by atoms with Crippen molar-refractivity contribution in [2.75, 3.05) is 0 Å². The molecule has 4 rings (SSSR count). The van der Waals surface area contributed by atoms with Crippen LogP contribution in [0.3, 0.4) is 0 Å². The zero-order chi connectivity index (χ0) is 16.0. The molecule has 2 N–H and O–H groups in total. The van der Waals surface area contributed by atoms with Crippen LogP contribution in [-0.2, 0) is 0 Å².